The van der Waals surface area contributed by atoms with Gasteiger partial charge in [0.1, 0.15) is 0 Å². The molecular formula is C18H29NO. The average Bonchev–Trinajstić information content (AvgIpc) is 2.44. The molecule has 1 aromatic carbocycles. The number of benzene rings is 1. The maximum absolute atomic E-state index is 5.81. The molecule has 2 nitrogen and oxygen atoms in total. The summed E-state index contributed by atoms with van der Waals surface area (Å²) in [4.78, 5) is 0. The molecule has 1 unspecified atom stereocenters. The van der Waals surface area contributed by atoms with E-state index in [9.17, 15) is 0 Å². The number of hydrogen-bond acceptors (Lipinski definition) is 2. The minimum absolute atomic E-state index is 0.228. The lowest BCUT2D eigenvalue weighted by Gasteiger charge is -2.23. The second-order valence-corrected chi connectivity index (χ2v) is 6.94. The van der Waals surface area contributed by atoms with Gasteiger partial charge in [-0.05, 0) is 42.3 Å². The van der Waals surface area contributed by atoms with Gasteiger partial charge in [0.25, 0.3) is 0 Å². The van der Waals surface area contributed by atoms with Gasteiger partial charge in [-0.15, -0.1) is 0 Å². The van der Waals surface area contributed by atoms with Crippen LogP contribution in [0.1, 0.15) is 57.6 Å². The van der Waals surface area contributed by atoms with E-state index >= 15 is 0 Å². The van der Waals surface area contributed by atoms with E-state index in [0.717, 1.165) is 19.6 Å². The molecule has 0 radical (unpaired) electrons. The van der Waals surface area contributed by atoms with Gasteiger partial charge in [-0.1, -0.05) is 51.5 Å². The molecule has 0 amide bonds. The molecule has 0 spiro atoms. The van der Waals surface area contributed by atoms with Crippen molar-refractivity contribution in [2.45, 2.75) is 64.5 Å². The van der Waals surface area contributed by atoms with E-state index < -0.39 is 0 Å². The summed E-state index contributed by atoms with van der Waals surface area (Å²) in [6.45, 7) is 9.51. The first-order valence-corrected chi connectivity index (χ1v) is 7.96. The first kappa shape index (κ1) is 15.5. The molecule has 2 rings (SSSR count). The summed E-state index contributed by atoms with van der Waals surface area (Å²) in [7, 11) is 0. The standard InChI is InChI=1S/C18H29NO/c1-18(2,3)16-9-7-15(8-10-16)14-20-13-11-17-6-4-5-12-19-17/h7-10,17,19H,4-6,11-14H2,1-3H3. The number of ether oxygens (including phenoxy) is 1. The molecule has 0 bridgehead atoms. The van der Waals surface area contributed by atoms with E-state index in [-0.39, 0.29) is 5.41 Å². The Morgan fingerprint density at radius 1 is 1.15 bits per heavy atom. The molecular weight excluding hydrogens is 246 g/mol. The van der Waals surface area contributed by atoms with E-state index in [4.69, 9.17) is 4.74 Å². The third kappa shape index (κ3) is 4.92. The summed E-state index contributed by atoms with van der Waals surface area (Å²) in [6.07, 6.45) is 5.15. The van der Waals surface area contributed by atoms with Crippen LogP contribution in [0.2, 0.25) is 0 Å². The summed E-state index contributed by atoms with van der Waals surface area (Å²) in [5.74, 6) is 0. The number of hydrogen-bond donors (Lipinski definition) is 1. The number of piperidine rings is 1. The molecule has 2 heteroatoms. The average molecular weight is 275 g/mol. The van der Waals surface area contributed by atoms with Crippen LogP contribution in [-0.4, -0.2) is 19.2 Å². The highest BCUT2D eigenvalue weighted by atomic mass is 16.5. The Labute approximate surface area is 123 Å². The normalized spacial score (nSPS) is 20.1. The highest BCUT2D eigenvalue weighted by Gasteiger charge is 2.13. The van der Waals surface area contributed by atoms with Crippen molar-refractivity contribution in [1.29, 1.82) is 0 Å². The van der Waals surface area contributed by atoms with Gasteiger partial charge >= 0.3 is 0 Å². The largest absolute Gasteiger partial charge is 0.377 e. The number of rotatable bonds is 5. The summed E-state index contributed by atoms with van der Waals surface area (Å²) < 4.78 is 5.81. The highest BCUT2D eigenvalue weighted by molar-refractivity contribution is 5.27. The Morgan fingerprint density at radius 2 is 1.90 bits per heavy atom. The molecule has 112 valence electrons. The Balaban J connectivity index is 1.68. The Kier molecular flexibility index (Phi) is 5.62. The maximum atomic E-state index is 5.81. The lowest BCUT2D eigenvalue weighted by atomic mass is 9.87. The zero-order chi connectivity index (χ0) is 14.4. The van der Waals surface area contributed by atoms with E-state index in [1.54, 1.807) is 0 Å². The minimum Gasteiger partial charge on any atom is -0.377 e. The topological polar surface area (TPSA) is 21.3 Å². The predicted octanol–water partition coefficient (Wildman–Crippen LogP) is 4.03. The van der Waals surface area contributed by atoms with Crippen LogP contribution in [0.5, 0.6) is 0 Å². The molecule has 1 fully saturated rings. The molecule has 1 heterocycles. The van der Waals surface area contributed by atoms with Crippen molar-refractivity contribution >= 4 is 0 Å². The third-order valence-electron chi connectivity index (χ3n) is 4.11. The smallest absolute Gasteiger partial charge is 0.0716 e. The van der Waals surface area contributed by atoms with Crippen LogP contribution < -0.4 is 5.32 Å². The molecule has 20 heavy (non-hydrogen) atoms. The van der Waals surface area contributed by atoms with Gasteiger partial charge in [0.15, 0.2) is 0 Å². The zero-order valence-corrected chi connectivity index (χ0v) is 13.2. The molecule has 1 aliphatic rings. The maximum Gasteiger partial charge on any atom is 0.0716 e. The van der Waals surface area contributed by atoms with Crippen LogP contribution in [0.3, 0.4) is 0 Å². The second kappa shape index (κ2) is 7.24. The molecule has 0 aromatic heterocycles. The summed E-state index contributed by atoms with van der Waals surface area (Å²) in [6, 6.07) is 9.51. The van der Waals surface area contributed by atoms with Gasteiger partial charge < -0.3 is 10.1 Å². The van der Waals surface area contributed by atoms with Crippen LogP contribution in [0, 0.1) is 0 Å². The minimum atomic E-state index is 0.228. The van der Waals surface area contributed by atoms with Crippen molar-refractivity contribution in [3.63, 3.8) is 0 Å². The Bertz CT molecular complexity index is 385. The first-order valence-electron chi connectivity index (χ1n) is 7.96. The predicted molar refractivity (Wildman–Crippen MR) is 85.1 cm³/mol. The van der Waals surface area contributed by atoms with Crippen molar-refractivity contribution in [1.82, 2.24) is 5.32 Å². The third-order valence-corrected chi connectivity index (χ3v) is 4.11. The molecule has 1 N–H and O–H groups in total. The van der Waals surface area contributed by atoms with Crippen LogP contribution in [-0.2, 0) is 16.8 Å². The van der Waals surface area contributed by atoms with Gasteiger partial charge in [-0.3, -0.25) is 0 Å². The first-order chi connectivity index (χ1) is 9.55. The fourth-order valence-corrected chi connectivity index (χ4v) is 2.69. The van der Waals surface area contributed by atoms with Crippen molar-refractivity contribution in [3.05, 3.63) is 35.4 Å². The van der Waals surface area contributed by atoms with E-state index in [0.29, 0.717) is 6.04 Å². The lowest BCUT2D eigenvalue weighted by Crippen LogP contribution is -2.34. The van der Waals surface area contributed by atoms with E-state index in [1.807, 2.05) is 0 Å². The second-order valence-electron chi connectivity index (χ2n) is 6.94. The van der Waals surface area contributed by atoms with Gasteiger partial charge in [0, 0.05) is 12.6 Å². The van der Waals surface area contributed by atoms with Crippen molar-refractivity contribution in [2.24, 2.45) is 0 Å². The van der Waals surface area contributed by atoms with Gasteiger partial charge in [-0.25, -0.2) is 0 Å². The van der Waals surface area contributed by atoms with E-state index in [1.165, 1.54) is 36.9 Å². The van der Waals surface area contributed by atoms with Gasteiger partial charge in [0.05, 0.1) is 6.61 Å². The molecule has 0 saturated carbocycles. The monoisotopic (exact) mass is 275 g/mol. The Hall–Kier alpha value is -0.860. The molecule has 1 saturated heterocycles. The van der Waals surface area contributed by atoms with Crippen LogP contribution in [0.15, 0.2) is 24.3 Å². The summed E-state index contributed by atoms with van der Waals surface area (Å²) >= 11 is 0. The fourth-order valence-electron chi connectivity index (χ4n) is 2.69. The molecule has 1 aromatic rings. The number of nitrogens with one attached hydrogen (secondary N) is 1. The molecule has 1 aliphatic heterocycles. The van der Waals surface area contributed by atoms with Gasteiger partial charge in [-0.2, -0.15) is 0 Å². The zero-order valence-electron chi connectivity index (χ0n) is 13.2. The molecule has 1 atom stereocenters. The van der Waals surface area contributed by atoms with Crippen LogP contribution in [0.4, 0.5) is 0 Å². The molecule has 0 aliphatic carbocycles. The lowest BCUT2D eigenvalue weighted by molar-refractivity contribution is 0.108. The fraction of sp³-hybridized carbons (Fsp3) is 0.667. The van der Waals surface area contributed by atoms with Crippen molar-refractivity contribution in [3.8, 4) is 0 Å². The van der Waals surface area contributed by atoms with Crippen molar-refractivity contribution in [2.75, 3.05) is 13.2 Å². The van der Waals surface area contributed by atoms with Gasteiger partial charge in [0.2, 0.25) is 0 Å². The quantitative estimate of drug-likeness (QED) is 0.819. The van der Waals surface area contributed by atoms with E-state index in [2.05, 4.69) is 50.4 Å². The SMILES string of the molecule is CC(C)(C)c1ccc(COCCC2CCCCN2)cc1. The van der Waals surface area contributed by atoms with Crippen LogP contribution >= 0.6 is 0 Å². The Morgan fingerprint density at radius 3 is 2.50 bits per heavy atom. The summed E-state index contributed by atoms with van der Waals surface area (Å²) in [5.41, 5.74) is 2.88. The van der Waals surface area contributed by atoms with Crippen molar-refractivity contribution < 1.29 is 4.74 Å². The summed E-state index contributed by atoms with van der Waals surface area (Å²) in [5, 5.41) is 3.56. The van der Waals surface area contributed by atoms with Crippen LogP contribution in [0.25, 0.3) is 0 Å². The highest BCUT2D eigenvalue weighted by Crippen LogP contribution is 2.22.